The highest BCUT2D eigenvalue weighted by molar-refractivity contribution is 7.90. The molecule has 0 radical (unpaired) electrons. The topological polar surface area (TPSA) is 82.2 Å². The van der Waals surface area contributed by atoms with Gasteiger partial charge in [0.1, 0.15) is 0 Å². The van der Waals surface area contributed by atoms with Gasteiger partial charge in [0.2, 0.25) is 0 Å². The summed E-state index contributed by atoms with van der Waals surface area (Å²) >= 11 is 0. The number of hydrogen-bond donors (Lipinski definition) is 0. The van der Waals surface area contributed by atoms with Crippen molar-refractivity contribution >= 4 is 21.1 Å². The molecule has 0 atom stereocenters. The van der Waals surface area contributed by atoms with Crippen molar-refractivity contribution in [2.24, 2.45) is 0 Å². The summed E-state index contributed by atoms with van der Waals surface area (Å²) in [6.07, 6.45) is 13.5. The van der Waals surface area contributed by atoms with E-state index in [-0.39, 0.29) is 4.90 Å². The molecule has 0 unspecified atom stereocenters. The molecule has 1 saturated heterocycles. The van der Waals surface area contributed by atoms with Crippen molar-refractivity contribution in [2.45, 2.75) is 49.5 Å². The van der Waals surface area contributed by atoms with Gasteiger partial charge in [0, 0.05) is 54.7 Å². The number of nitrogens with zero attached hydrogens (tertiary/aromatic N) is 5. The molecule has 2 fully saturated rings. The van der Waals surface area contributed by atoms with Gasteiger partial charge in [-0.3, -0.25) is 9.58 Å². The Labute approximate surface area is 217 Å². The van der Waals surface area contributed by atoms with Gasteiger partial charge in [-0.05, 0) is 42.5 Å². The van der Waals surface area contributed by atoms with Crippen LogP contribution >= 0.6 is 0 Å². The Morgan fingerprint density at radius 3 is 2.51 bits per heavy atom. The molecule has 4 aromatic rings. The zero-order valence-electron chi connectivity index (χ0n) is 21.0. The van der Waals surface area contributed by atoms with Crippen LogP contribution in [-0.2, 0) is 21.3 Å². The Bertz CT molecular complexity index is 1470. The van der Waals surface area contributed by atoms with Crippen molar-refractivity contribution in [3.8, 4) is 11.1 Å². The first-order valence-corrected chi connectivity index (χ1v) is 14.7. The molecular formula is C28H33N5O3S. The van der Waals surface area contributed by atoms with Crippen molar-refractivity contribution in [2.75, 3.05) is 32.8 Å². The zero-order valence-corrected chi connectivity index (χ0v) is 21.8. The lowest BCUT2D eigenvalue weighted by Crippen LogP contribution is -2.38. The molecule has 4 heterocycles. The second-order valence-electron chi connectivity index (χ2n) is 10.1. The molecule has 3 aromatic heterocycles. The maximum atomic E-state index is 13.6. The van der Waals surface area contributed by atoms with E-state index in [0.717, 1.165) is 68.7 Å². The summed E-state index contributed by atoms with van der Waals surface area (Å²) in [6, 6.07) is 10.7. The molecule has 2 aliphatic rings. The third-order valence-electron chi connectivity index (χ3n) is 7.70. The van der Waals surface area contributed by atoms with E-state index < -0.39 is 10.0 Å². The smallest absolute Gasteiger partial charge is 0.269 e. The van der Waals surface area contributed by atoms with E-state index in [1.165, 1.54) is 28.8 Å². The van der Waals surface area contributed by atoms with Crippen LogP contribution in [0.15, 0.2) is 66.1 Å². The molecule has 0 bridgehead atoms. The van der Waals surface area contributed by atoms with Crippen LogP contribution in [0, 0.1) is 0 Å². The van der Waals surface area contributed by atoms with Gasteiger partial charge in [0.25, 0.3) is 10.0 Å². The van der Waals surface area contributed by atoms with E-state index >= 15 is 0 Å². The second-order valence-corrected chi connectivity index (χ2v) is 11.9. The van der Waals surface area contributed by atoms with Crippen LogP contribution in [0.2, 0.25) is 0 Å². The molecule has 0 N–H and O–H groups in total. The third-order valence-corrected chi connectivity index (χ3v) is 9.37. The van der Waals surface area contributed by atoms with Crippen molar-refractivity contribution < 1.29 is 13.2 Å². The highest BCUT2D eigenvalue weighted by Crippen LogP contribution is 2.37. The predicted molar refractivity (Wildman–Crippen MR) is 143 cm³/mol. The van der Waals surface area contributed by atoms with Gasteiger partial charge in [0.05, 0.1) is 30.9 Å². The van der Waals surface area contributed by atoms with Crippen molar-refractivity contribution in [1.29, 1.82) is 0 Å². The van der Waals surface area contributed by atoms with E-state index in [1.54, 1.807) is 30.5 Å². The zero-order chi connectivity index (χ0) is 25.2. The van der Waals surface area contributed by atoms with Gasteiger partial charge in [-0.2, -0.15) is 5.10 Å². The molecule has 1 aliphatic carbocycles. The van der Waals surface area contributed by atoms with E-state index in [0.29, 0.717) is 11.6 Å². The Kier molecular flexibility index (Phi) is 6.84. The molecule has 9 heteroatoms. The number of fused-ring (bicyclic) bond motifs is 1. The van der Waals surface area contributed by atoms with E-state index in [2.05, 4.69) is 16.1 Å². The Morgan fingerprint density at radius 2 is 1.73 bits per heavy atom. The SMILES string of the molecule is O=S(=O)(c1ccccc1)n1cc(-c2cnn(CCN3CCOCC3)c2)c2cc(C3CCCCC3)cnc21. The number of pyridine rings is 1. The summed E-state index contributed by atoms with van der Waals surface area (Å²) in [6.45, 7) is 5.10. The maximum Gasteiger partial charge on any atom is 0.269 e. The molecule has 8 nitrogen and oxygen atoms in total. The number of ether oxygens (including phenoxy) is 1. The summed E-state index contributed by atoms with van der Waals surface area (Å²) in [5, 5.41) is 5.46. The Balaban J connectivity index is 1.39. The first-order valence-electron chi connectivity index (χ1n) is 13.2. The predicted octanol–water partition coefficient (Wildman–Crippen LogP) is 4.52. The quantitative estimate of drug-likeness (QED) is 0.357. The van der Waals surface area contributed by atoms with Gasteiger partial charge in [0.15, 0.2) is 5.65 Å². The Hall–Kier alpha value is -3.01. The van der Waals surface area contributed by atoms with Gasteiger partial charge in [-0.1, -0.05) is 37.5 Å². The molecule has 1 aliphatic heterocycles. The number of benzene rings is 1. The van der Waals surface area contributed by atoms with Crippen molar-refractivity contribution in [3.05, 3.63) is 66.7 Å². The van der Waals surface area contributed by atoms with Gasteiger partial charge >= 0.3 is 0 Å². The fourth-order valence-electron chi connectivity index (χ4n) is 5.57. The van der Waals surface area contributed by atoms with Crippen molar-refractivity contribution in [3.63, 3.8) is 0 Å². The molecule has 6 rings (SSSR count). The normalized spacial score (nSPS) is 17.9. The third kappa shape index (κ3) is 4.95. The lowest BCUT2D eigenvalue weighted by Gasteiger charge is -2.26. The van der Waals surface area contributed by atoms with Crippen LogP contribution in [0.3, 0.4) is 0 Å². The first-order chi connectivity index (χ1) is 18.1. The van der Waals surface area contributed by atoms with E-state index in [1.807, 2.05) is 29.3 Å². The summed E-state index contributed by atoms with van der Waals surface area (Å²) in [7, 11) is -3.80. The number of aromatic nitrogens is 4. The summed E-state index contributed by atoms with van der Waals surface area (Å²) in [5.41, 5.74) is 3.40. The average molecular weight is 520 g/mol. The number of morpholine rings is 1. The van der Waals surface area contributed by atoms with E-state index in [9.17, 15) is 8.42 Å². The minimum atomic E-state index is -3.80. The fraction of sp³-hybridized carbons (Fsp3) is 0.429. The molecular weight excluding hydrogens is 486 g/mol. The summed E-state index contributed by atoms with van der Waals surface area (Å²) < 4.78 is 36.0. The first kappa shape index (κ1) is 24.3. The van der Waals surface area contributed by atoms with Gasteiger partial charge in [-0.15, -0.1) is 0 Å². The minimum absolute atomic E-state index is 0.248. The van der Waals surface area contributed by atoms with Crippen LogP contribution in [-0.4, -0.2) is 64.9 Å². The van der Waals surface area contributed by atoms with Gasteiger partial charge in [-0.25, -0.2) is 17.4 Å². The molecule has 0 amide bonds. The van der Waals surface area contributed by atoms with Crippen LogP contribution < -0.4 is 0 Å². The molecule has 37 heavy (non-hydrogen) atoms. The summed E-state index contributed by atoms with van der Waals surface area (Å²) in [4.78, 5) is 7.36. The highest BCUT2D eigenvalue weighted by atomic mass is 32.2. The van der Waals surface area contributed by atoms with Crippen LogP contribution in [0.25, 0.3) is 22.2 Å². The molecule has 1 saturated carbocycles. The lowest BCUT2D eigenvalue weighted by molar-refractivity contribution is 0.0360. The monoisotopic (exact) mass is 519 g/mol. The second kappa shape index (κ2) is 10.4. The average Bonchev–Trinajstić information content (AvgIpc) is 3.58. The lowest BCUT2D eigenvalue weighted by atomic mass is 9.84. The van der Waals surface area contributed by atoms with Crippen LogP contribution in [0.4, 0.5) is 0 Å². The standard InChI is InChI=1S/C28H33N5O3S/c34-37(35,25-9-5-2-6-10-25)33-21-27(24-19-30-32(20-24)12-11-31-13-15-36-16-14-31)26-17-23(18-29-28(26)33)22-7-3-1-4-8-22/h2,5-6,9-10,17-22H,1,3-4,7-8,11-16H2. The molecule has 0 spiro atoms. The molecule has 194 valence electrons. The minimum Gasteiger partial charge on any atom is -0.379 e. The van der Waals surface area contributed by atoms with Crippen LogP contribution in [0.1, 0.15) is 43.6 Å². The largest absolute Gasteiger partial charge is 0.379 e. The van der Waals surface area contributed by atoms with Crippen molar-refractivity contribution in [1.82, 2.24) is 23.6 Å². The Morgan fingerprint density at radius 1 is 0.946 bits per heavy atom. The van der Waals surface area contributed by atoms with Crippen LogP contribution in [0.5, 0.6) is 0 Å². The molecule has 1 aromatic carbocycles. The number of hydrogen-bond acceptors (Lipinski definition) is 6. The highest BCUT2D eigenvalue weighted by Gasteiger charge is 2.25. The fourth-order valence-corrected chi connectivity index (χ4v) is 6.91. The summed E-state index contributed by atoms with van der Waals surface area (Å²) in [5.74, 6) is 0.476. The van der Waals surface area contributed by atoms with Gasteiger partial charge < -0.3 is 4.74 Å². The number of rotatable bonds is 7. The maximum absolute atomic E-state index is 13.6. The van der Waals surface area contributed by atoms with E-state index in [4.69, 9.17) is 9.72 Å².